The molecule has 0 aliphatic rings. The predicted octanol–water partition coefficient (Wildman–Crippen LogP) is 2.29. The lowest BCUT2D eigenvalue weighted by atomic mass is 9.84. The van der Waals surface area contributed by atoms with Crippen LogP contribution in [0.5, 0.6) is 0 Å². The van der Waals surface area contributed by atoms with Gasteiger partial charge in [0.15, 0.2) is 0 Å². The Kier molecular flexibility index (Phi) is 5.50. The molecule has 0 radical (unpaired) electrons. The second-order valence-corrected chi connectivity index (χ2v) is 4.92. The molecule has 0 bridgehead atoms. The lowest BCUT2D eigenvalue weighted by Gasteiger charge is -2.25. The maximum Gasteiger partial charge on any atom is 0.00431 e. The zero-order chi connectivity index (χ0) is 11.9. The average Bonchev–Trinajstić information content (AvgIpc) is 2.30. The lowest BCUT2D eigenvalue weighted by molar-refractivity contribution is 0.464. The summed E-state index contributed by atoms with van der Waals surface area (Å²) in [7, 11) is 0. The van der Waals surface area contributed by atoms with Crippen LogP contribution in [0, 0.1) is 0 Å². The van der Waals surface area contributed by atoms with Gasteiger partial charge in [0.25, 0.3) is 0 Å². The number of hydrogen-bond donors (Lipinski definition) is 2. The Morgan fingerprint density at radius 3 is 2.44 bits per heavy atom. The number of unbranched alkanes of at least 4 members (excludes halogenated alkanes) is 1. The molecular weight excluding hydrogens is 196 g/mol. The molecule has 0 fully saturated rings. The minimum atomic E-state index is 0.198. The number of nitrogens with two attached hydrogens (primary N) is 1. The molecule has 0 spiro atoms. The second kappa shape index (κ2) is 6.66. The van der Waals surface area contributed by atoms with Crippen LogP contribution in [-0.4, -0.2) is 19.6 Å². The molecule has 1 rings (SSSR count). The van der Waals surface area contributed by atoms with Gasteiger partial charge >= 0.3 is 0 Å². The fourth-order valence-corrected chi connectivity index (χ4v) is 1.79. The van der Waals surface area contributed by atoms with Crippen molar-refractivity contribution >= 4 is 0 Å². The fourth-order valence-electron chi connectivity index (χ4n) is 1.79. The summed E-state index contributed by atoms with van der Waals surface area (Å²) >= 11 is 0. The first-order chi connectivity index (χ1) is 7.67. The van der Waals surface area contributed by atoms with E-state index in [1.807, 2.05) is 0 Å². The molecule has 90 valence electrons. The van der Waals surface area contributed by atoms with Crippen molar-refractivity contribution in [3.05, 3.63) is 35.9 Å². The summed E-state index contributed by atoms with van der Waals surface area (Å²) in [5, 5.41) is 3.50. The van der Waals surface area contributed by atoms with Crippen LogP contribution in [0.2, 0.25) is 0 Å². The van der Waals surface area contributed by atoms with E-state index in [1.54, 1.807) is 0 Å². The van der Waals surface area contributed by atoms with Crippen molar-refractivity contribution in [3.8, 4) is 0 Å². The van der Waals surface area contributed by atoms with E-state index in [0.29, 0.717) is 0 Å². The fraction of sp³-hybridized carbons (Fsp3) is 0.571. The van der Waals surface area contributed by atoms with Gasteiger partial charge in [0.2, 0.25) is 0 Å². The summed E-state index contributed by atoms with van der Waals surface area (Å²) < 4.78 is 0. The molecular formula is C14H24N2. The van der Waals surface area contributed by atoms with Crippen LogP contribution in [0.25, 0.3) is 0 Å². The van der Waals surface area contributed by atoms with Gasteiger partial charge in [-0.2, -0.15) is 0 Å². The lowest BCUT2D eigenvalue weighted by Crippen LogP contribution is -2.33. The molecule has 3 N–H and O–H groups in total. The zero-order valence-electron chi connectivity index (χ0n) is 10.5. The summed E-state index contributed by atoms with van der Waals surface area (Å²) in [5.74, 6) is 0. The second-order valence-electron chi connectivity index (χ2n) is 4.92. The first-order valence-corrected chi connectivity index (χ1v) is 6.13. The Hall–Kier alpha value is -0.860. The number of hydrogen-bond acceptors (Lipinski definition) is 2. The van der Waals surface area contributed by atoms with Crippen LogP contribution in [-0.2, 0) is 5.41 Å². The molecule has 0 amide bonds. The van der Waals surface area contributed by atoms with Crippen LogP contribution >= 0.6 is 0 Å². The molecule has 1 aromatic rings. The molecule has 0 saturated heterocycles. The molecule has 0 aliphatic carbocycles. The smallest absolute Gasteiger partial charge is 0.00431 e. The van der Waals surface area contributed by atoms with Crippen LogP contribution in [0.15, 0.2) is 30.3 Å². The van der Waals surface area contributed by atoms with Gasteiger partial charge in [-0.3, -0.25) is 0 Å². The standard InChI is InChI=1S/C14H24N2/c1-14(2,12-16-11-7-6-10-15)13-8-4-3-5-9-13/h3-5,8-9,16H,6-7,10-12,15H2,1-2H3. The largest absolute Gasteiger partial charge is 0.330 e. The highest BCUT2D eigenvalue weighted by molar-refractivity contribution is 5.23. The van der Waals surface area contributed by atoms with Crippen molar-refractivity contribution in [1.29, 1.82) is 0 Å². The minimum Gasteiger partial charge on any atom is -0.330 e. The third-order valence-corrected chi connectivity index (χ3v) is 2.93. The Balaban J connectivity index is 2.35. The van der Waals surface area contributed by atoms with Gasteiger partial charge in [-0.15, -0.1) is 0 Å². The van der Waals surface area contributed by atoms with Gasteiger partial charge in [0.1, 0.15) is 0 Å². The van der Waals surface area contributed by atoms with Gasteiger partial charge in [-0.1, -0.05) is 44.2 Å². The maximum atomic E-state index is 5.46. The van der Waals surface area contributed by atoms with Crippen molar-refractivity contribution in [1.82, 2.24) is 5.32 Å². The first kappa shape index (κ1) is 13.2. The molecule has 0 heterocycles. The van der Waals surface area contributed by atoms with E-state index in [9.17, 15) is 0 Å². The van der Waals surface area contributed by atoms with E-state index in [0.717, 1.165) is 26.1 Å². The Morgan fingerprint density at radius 2 is 1.81 bits per heavy atom. The third-order valence-electron chi connectivity index (χ3n) is 2.93. The highest BCUT2D eigenvalue weighted by Crippen LogP contribution is 2.21. The van der Waals surface area contributed by atoms with Gasteiger partial charge in [-0.05, 0) is 31.5 Å². The molecule has 2 heteroatoms. The van der Waals surface area contributed by atoms with Gasteiger partial charge in [-0.25, -0.2) is 0 Å². The van der Waals surface area contributed by atoms with Crippen LogP contribution in [0.3, 0.4) is 0 Å². The summed E-state index contributed by atoms with van der Waals surface area (Å²) in [5.41, 5.74) is 7.05. The molecule has 2 nitrogen and oxygen atoms in total. The average molecular weight is 220 g/mol. The van der Waals surface area contributed by atoms with E-state index in [1.165, 1.54) is 12.0 Å². The molecule has 0 aliphatic heterocycles. The predicted molar refractivity (Wildman–Crippen MR) is 70.6 cm³/mol. The van der Waals surface area contributed by atoms with E-state index in [-0.39, 0.29) is 5.41 Å². The first-order valence-electron chi connectivity index (χ1n) is 6.13. The molecule has 0 unspecified atom stereocenters. The van der Waals surface area contributed by atoms with Crippen LogP contribution in [0.1, 0.15) is 32.3 Å². The number of rotatable bonds is 7. The Morgan fingerprint density at radius 1 is 1.12 bits per heavy atom. The zero-order valence-corrected chi connectivity index (χ0v) is 10.5. The van der Waals surface area contributed by atoms with Crippen molar-refractivity contribution < 1.29 is 0 Å². The topological polar surface area (TPSA) is 38.0 Å². The van der Waals surface area contributed by atoms with Gasteiger partial charge in [0, 0.05) is 12.0 Å². The number of benzene rings is 1. The summed E-state index contributed by atoms with van der Waals surface area (Å²) in [4.78, 5) is 0. The Bertz CT molecular complexity index is 280. The molecule has 1 aromatic carbocycles. The van der Waals surface area contributed by atoms with E-state index < -0.39 is 0 Å². The van der Waals surface area contributed by atoms with Crippen LogP contribution < -0.4 is 11.1 Å². The highest BCUT2D eigenvalue weighted by atomic mass is 14.9. The van der Waals surface area contributed by atoms with Crippen LogP contribution in [0.4, 0.5) is 0 Å². The Labute approximate surface area is 99.2 Å². The van der Waals surface area contributed by atoms with Gasteiger partial charge < -0.3 is 11.1 Å². The van der Waals surface area contributed by atoms with Crippen molar-refractivity contribution in [2.75, 3.05) is 19.6 Å². The minimum absolute atomic E-state index is 0.198. The van der Waals surface area contributed by atoms with Crippen molar-refractivity contribution in [2.24, 2.45) is 5.73 Å². The molecule has 16 heavy (non-hydrogen) atoms. The SMILES string of the molecule is CC(C)(CNCCCCN)c1ccccc1. The molecule has 0 aromatic heterocycles. The summed E-state index contributed by atoms with van der Waals surface area (Å²) in [6.45, 7) is 7.43. The van der Waals surface area contributed by atoms with Gasteiger partial charge in [0.05, 0.1) is 0 Å². The van der Waals surface area contributed by atoms with Crippen molar-refractivity contribution in [2.45, 2.75) is 32.1 Å². The summed E-state index contributed by atoms with van der Waals surface area (Å²) in [6, 6.07) is 10.7. The normalized spacial score (nSPS) is 11.7. The van der Waals surface area contributed by atoms with Crippen molar-refractivity contribution in [3.63, 3.8) is 0 Å². The monoisotopic (exact) mass is 220 g/mol. The number of nitrogens with one attached hydrogen (secondary N) is 1. The summed E-state index contributed by atoms with van der Waals surface area (Å²) in [6.07, 6.45) is 2.28. The molecule has 0 saturated carbocycles. The quantitative estimate of drug-likeness (QED) is 0.692. The molecule has 0 atom stereocenters. The maximum absolute atomic E-state index is 5.46. The van der Waals surface area contributed by atoms with E-state index >= 15 is 0 Å². The van der Waals surface area contributed by atoms with E-state index in [4.69, 9.17) is 5.73 Å². The highest BCUT2D eigenvalue weighted by Gasteiger charge is 2.19. The third kappa shape index (κ3) is 4.33. The van der Waals surface area contributed by atoms with E-state index in [2.05, 4.69) is 49.5 Å².